The minimum atomic E-state index is -4.01. The van der Waals surface area contributed by atoms with E-state index >= 15 is 0 Å². The zero-order valence-electron chi connectivity index (χ0n) is 22.2. The molecule has 0 aliphatic heterocycles. The highest BCUT2D eigenvalue weighted by Crippen LogP contribution is 2.38. The molecule has 0 amide bonds. The topological polar surface area (TPSA) is 96.3 Å². The average Bonchev–Trinajstić information content (AvgIpc) is 3.78. The lowest BCUT2D eigenvalue weighted by atomic mass is 10.0. The zero-order chi connectivity index (χ0) is 29.7. The summed E-state index contributed by atoms with van der Waals surface area (Å²) in [6.45, 7) is -1.35. The second-order valence-electron chi connectivity index (χ2n) is 9.61. The van der Waals surface area contributed by atoms with E-state index in [2.05, 4.69) is 9.72 Å². The van der Waals surface area contributed by atoms with Gasteiger partial charge in [0.1, 0.15) is 22.2 Å². The Kier molecular flexibility index (Phi) is 10.1. The third kappa shape index (κ3) is 7.85. The molecule has 220 valence electrons. The second-order valence-corrected chi connectivity index (χ2v) is 12.4. The first-order valence-corrected chi connectivity index (χ1v) is 15.0. The number of aromatic amines is 1. The van der Waals surface area contributed by atoms with Gasteiger partial charge in [-0.1, -0.05) is 47.5 Å². The van der Waals surface area contributed by atoms with Crippen molar-refractivity contribution in [3.05, 3.63) is 82.1 Å². The number of nitrogens with zero attached hydrogens (tertiary/aromatic N) is 1. The van der Waals surface area contributed by atoms with Gasteiger partial charge < -0.3 is 14.2 Å². The lowest BCUT2D eigenvalue weighted by Crippen LogP contribution is -2.41. The molecule has 4 rings (SSSR count). The summed E-state index contributed by atoms with van der Waals surface area (Å²) in [6, 6.07) is 10.7. The summed E-state index contributed by atoms with van der Waals surface area (Å²) in [5, 5.41) is 0.552. The molecule has 1 heterocycles. The number of carbonyl (C=O) groups is 1. The van der Waals surface area contributed by atoms with Crippen LogP contribution in [-0.2, 0) is 26.0 Å². The van der Waals surface area contributed by atoms with Gasteiger partial charge in [-0.2, -0.15) is 13.1 Å². The highest BCUT2D eigenvalue weighted by molar-refractivity contribution is 7.89. The molecule has 1 aliphatic carbocycles. The third-order valence-electron chi connectivity index (χ3n) is 6.68. The number of alkyl halides is 2. The number of rotatable bonds is 13. The normalized spacial score (nSPS) is 15.0. The zero-order valence-corrected chi connectivity index (χ0v) is 24.6. The fourth-order valence-corrected chi connectivity index (χ4v) is 5.83. The van der Waals surface area contributed by atoms with Crippen molar-refractivity contribution < 1.29 is 41.2 Å². The van der Waals surface area contributed by atoms with Crippen LogP contribution in [-0.4, -0.2) is 45.0 Å². The predicted octanol–water partition coefficient (Wildman–Crippen LogP) is 5.73. The number of carbonyl (C=O) groups excluding carboxylic acids is 1. The lowest BCUT2D eigenvalue weighted by Gasteiger charge is -2.26. The molecular formula is C28H29Cl2F2N2O6S+. The van der Waals surface area contributed by atoms with Crippen molar-refractivity contribution in [2.45, 2.75) is 49.8 Å². The van der Waals surface area contributed by atoms with Gasteiger partial charge in [0.15, 0.2) is 23.9 Å². The molecule has 2 aromatic carbocycles. The lowest BCUT2D eigenvalue weighted by molar-refractivity contribution is -0.377. The van der Waals surface area contributed by atoms with E-state index in [0.717, 1.165) is 17.1 Å². The van der Waals surface area contributed by atoms with Gasteiger partial charge >= 0.3 is 12.6 Å². The van der Waals surface area contributed by atoms with Crippen LogP contribution in [0.5, 0.6) is 11.5 Å². The van der Waals surface area contributed by atoms with Crippen molar-refractivity contribution in [3.63, 3.8) is 0 Å². The molecule has 41 heavy (non-hydrogen) atoms. The Balaban J connectivity index is 1.65. The Morgan fingerprint density at radius 3 is 2.34 bits per heavy atom. The second kappa shape index (κ2) is 13.3. The molecule has 1 aromatic heterocycles. The molecule has 1 saturated carbocycles. The number of hydrogen-bond donors (Lipinski definition) is 0. The molecule has 1 N–H and O–H groups in total. The van der Waals surface area contributed by atoms with Crippen LogP contribution in [0.2, 0.25) is 10.0 Å². The largest absolute Gasteiger partial charge is 0.489 e. The molecule has 1 aliphatic rings. The Morgan fingerprint density at radius 2 is 1.73 bits per heavy atom. The molecule has 3 aromatic rings. The number of esters is 1. The Labute approximate surface area is 247 Å². The number of H-pyrrole nitrogens is 1. The Hall–Kier alpha value is -2.99. The van der Waals surface area contributed by atoms with E-state index in [1.807, 2.05) is 0 Å². The summed E-state index contributed by atoms with van der Waals surface area (Å²) < 4.78 is 69.6. The van der Waals surface area contributed by atoms with Crippen molar-refractivity contribution >= 4 is 39.2 Å². The third-order valence-corrected chi connectivity index (χ3v) is 9.30. The number of sulfonamides is 1. The maximum Gasteiger partial charge on any atom is 0.387 e. The number of ether oxygens (including phenoxy) is 3. The van der Waals surface area contributed by atoms with Gasteiger partial charge in [-0.3, -0.25) is 4.79 Å². The molecule has 8 nitrogen and oxygen atoms in total. The summed E-state index contributed by atoms with van der Waals surface area (Å²) >= 11 is 12.7. The summed E-state index contributed by atoms with van der Waals surface area (Å²) in [4.78, 5) is 16.2. The van der Waals surface area contributed by atoms with Crippen molar-refractivity contribution in [1.82, 2.24) is 4.31 Å². The Bertz CT molecular complexity index is 1460. The highest BCUT2D eigenvalue weighted by atomic mass is 35.5. The molecule has 1 fully saturated rings. The standard InChI is InChI=1S/C28H28Cl2F2N2O6S/c1-17(34(2)41(36,37)20-6-4-3-5-7-20)27(35)39-25(13-21-22(29)14-33-15-23(21)30)19-10-11-24(40-28(31)32)26(12-19)38-16-18-8-9-18/h3-7,10-12,14-15,17-18,25,28H,8-9,13,16H2,1-2H3/p+1/t17-,25-/m1/s1. The summed E-state index contributed by atoms with van der Waals surface area (Å²) in [6.07, 6.45) is 3.92. The van der Waals surface area contributed by atoms with E-state index in [4.69, 9.17) is 32.7 Å². The van der Waals surface area contributed by atoms with E-state index < -0.39 is 34.7 Å². The molecular weight excluding hydrogens is 601 g/mol. The summed E-state index contributed by atoms with van der Waals surface area (Å²) in [5.41, 5.74) is 0.836. The molecule has 0 radical (unpaired) electrons. The smallest absolute Gasteiger partial charge is 0.387 e. The van der Waals surface area contributed by atoms with Crippen LogP contribution >= 0.6 is 23.2 Å². The van der Waals surface area contributed by atoms with Gasteiger partial charge in [0.25, 0.3) is 0 Å². The van der Waals surface area contributed by atoms with Crippen LogP contribution in [0.3, 0.4) is 0 Å². The van der Waals surface area contributed by atoms with Gasteiger partial charge in [0, 0.05) is 19.0 Å². The van der Waals surface area contributed by atoms with Crippen LogP contribution in [0.25, 0.3) is 0 Å². The van der Waals surface area contributed by atoms with Crippen LogP contribution in [0.4, 0.5) is 8.78 Å². The van der Waals surface area contributed by atoms with Crippen molar-refractivity contribution in [2.24, 2.45) is 5.92 Å². The first-order valence-electron chi connectivity index (χ1n) is 12.8. The van der Waals surface area contributed by atoms with E-state index in [1.165, 1.54) is 56.7 Å². The quantitative estimate of drug-likeness (QED) is 0.224. The van der Waals surface area contributed by atoms with Crippen LogP contribution in [0, 0.1) is 5.92 Å². The number of pyridine rings is 1. The van der Waals surface area contributed by atoms with Gasteiger partial charge in [0.05, 0.1) is 11.5 Å². The van der Waals surface area contributed by atoms with Gasteiger partial charge in [-0.15, -0.1) is 0 Å². The first-order chi connectivity index (χ1) is 19.5. The number of likely N-dealkylation sites (N-methyl/N-ethyl adjacent to an activating group) is 1. The molecule has 0 saturated heterocycles. The van der Waals surface area contributed by atoms with Crippen LogP contribution in [0.1, 0.15) is 37.0 Å². The molecule has 0 spiro atoms. The van der Waals surface area contributed by atoms with Crippen LogP contribution < -0.4 is 14.5 Å². The Morgan fingerprint density at radius 1 is 1.07 bits per heavy atom. The predicted molar refractivity (Wildman–Crippen MR) is 148 cm³/mol. The van der Waals surface area contributed by atoms with E-state index in [9.17, 15) is 22.0 Å². The summed E-state index contributed by atoms with van der Waals surface area (Å²) in [7, 11) is -2.73. The first kappa shape index (κ1) is 31.0. The van der Waals surface area contributed by atoms with Crippen molar-refractivity contribution in [2.75, 3.05) is 13.7 Å². The SMILES string of the molecule is C[C@H](C(=O)O[C@H](Cc1c(Cl)c[nH+]cc1Cl)c1ccc(OC(F)F)c(OCC2CC2)c1)N(C)S(=O)(=O)c1ccccc1. The number of aromatic nitrogens is 1. The molecule has 0 bridgehead atoms. The van der Waals surface area contributed by atoms with Gasteiger partial charge in [-0.05, 0) is 55.5 Å². The maximum absolute atomic E-state index is 13.4. The maximum atomic E-state index is 13.4. The van der Waals surface area contributed by atoms with Gasteiger partial charge in [-0.25, -0.2) is 13.4 Å². The van der Waals surface area contributed by atoms with Gasteiger partial charge in [0.2, 0.25) is 10.0 Å². The van der Waals surface area contributed by atoms with Crippen molar-refractivity contribution in [1.29, 1.82) is 0 Å². The molecule has 13 heteroatoms. The monoisotopic (exact) mass is 629 g/mol. The molecule has 0 unspecified atom stereocenters. The fourth-order valence-electron chi connectivity index (χ4n) is 3.96. The fraction of sp³-hybridized carbons (Fsp3) is 0.357. The van der Waals surface area contributed by atoms with E-state index in [0.29, 0.717) is 23.7 Å². The summed E-state index contributed by atoms with van der Waals surface area (Å²) in [5.74, 6) is -0.624. The number of benzene rings is 2. The van der Waals surface area contributed by atoms with Crippen LogP contribution in [0.15, 0.2) is 65.8 Å². The highest BCUT2D eigenvalue weighted by Gasteiger charge is 2.33. The number of hydrogen-bond acceptors (Lipinski definition) is 6. The van der Waals surface area contributed by atoms with Crippen molar-refractivity contribution in [3.8, 4) is 11.5 Å². The minimum absolute atomic E-state index is 0.00290. The number of nitrogens with one attached hydrogen (secondary N) is 1. The molecule has 2 atom stereocenters. The van der Waals surface area contributed by atoms with E-state index in [-0.39, 0.29) is 32.9 Å². The van der Waals surface area contributed by atoms with E-state index in [1.54, 1.807) is 18.2 Å². The average molecular weight is 631 g/mol. The minimum Gasteiger partial charge on any atom is -0.489 e. The number of halogens is 4.